The van der Waals surface area contributed by atoms with Crippen molar-refractivity contribution < 1.29 is 14.4 Å². The van der Waals surface area contributed by atoms with Crippen LogP contribution in [0.4, 0.5) is 4.39 Å². The first-order valence-corrected chi connectivity index (χ1v) is 4.28. The quantitative estimate of drug-likeness (QED) is 0.694. The average Bonchev–Trinajstić information content (AvgIpc) is 2.08. The SMILES string of the molecule is CCc1cc(Cl)cc(B(O)O)c1F. The van der Waals surface area contributed by atoms with Gasteiger partial charge in [-0.2, -0.15) is 0 Å². The molecule has 0 bridgehead atoms. The molecule has 0 aliphatic carbocycles. The van der Waals surface area contributed by atoms with Gasteiger partial charge in [0.25, 0.3) is 0 Å². The standard InChI is InChI=1S/C8H9BClFO2/c1-2-5-3-6(10)4-7(8(5)11)9(12)13/h3-4,12-13H,2H2,1H3. The molecule has 0 aliphatic heterocycles. The Morgan fingerprint density at radius 1 is 1.46 bits per heavy atom. The van der Waals surface area contributed by atoms with E-state index in [0.717, 1.165) is 0 Å². The Bertz CT molecular complexity index is 317. The summed E-state index contributed by atoms with van der Waals surface area (Å²) in [5.41, 5.74) is 0.208. The van der Waals surface area contributed by atoms with Gasteiger partial charge < -0.3 is 10.0 Å². The van der Waals surface area contributed by atoms with Crippen LogP contribution in [0.2, 0.25) is 5.02 Å². The van der Waals surface area contributed by atoms with E-state index in [-0.39, 0.29) is 5.46 Å². The first kappa shape index (κ1) is 10.5. The molecule has 0 unspecified atom stereocenters. The van der Waals surface area contributed by atoms with Crippen molar-refractivity contribution in [1.29, 1.82) is 0 Å². The van der Waals surface area contributed by atoms with E-state index in [1.54, 1.807) is 6.92 Å². The van der Waals surface area contributed by atoms with Crippen molar-refractivity contribution in [3.63, 3.8) is 0 Å². The lowest BCUT2D eigenvalue weighted by Crippen LogP contribution is -2.33. The number of hydrogen-bond acceptors (Lipinski definition) is 2. The fraction of sp³-hybridized carbons (Fsp3) is 0.250. The van der Waals surface area contributed by atoms with Crippen molar-refractivity contribution in [2.45, 2.75) is 13.3 Å². The van der Waals surface area contributed by atoms with E-state index in [0.29, 0.717) is 17.0 Å². The third kappa shape index (κ3) is 2.21. The van der Waals surface area contributed by atoms with Crippen molar-refractivity contribution >= 4 is 24.2 Å². The Balaban J connectivity index is 3.27. The third-order valence-corrected chi connectivity index (χ3v) is 2.02. The molecule has 0 radical (unpaired) electrons. The molecule has 0 saturated heterocycles. The summed E-state index contributed by atoms with van der Waals surface area (Å²) in [7, 11) is -1.82. The Hall–Kier alpha value is -0.575. The Kier molecular flexibility index (Phi) is 3.30. The zero-order valence-corrected chi connectivity index (χ0v) is 7.85. The van der Waals surface area contributed by atoms with Crippen LogP contribution in [0.1, 0.15) is 12.5 Å². The molecule has 2 N–H and O–H groups in total. The van der Waals surface area contributed by atoms with Gasteiger partial charge >= 0.3 is 7.12 Å². The van der Waals surface area contributed by atoms with Crippen molar-refractivity contribution in [1.82, 2.24) is 0 Å². The van der Waals surface area contributed by atoms with E-state index in [2.05, 4.69) is 0 Å². The summed E-state index contributed by atoms with van der Waals surface area (Å²) in [5.74, 6) is -0.595. The predicted molar refractivity (Wildman–Crippen MR) is 50.6 cm³/mol. The highest BCUT2D eigenvalue weighted by molar-refractivity contribution is 6.59. The molecule has 0 fully saturated rings. The van der Waals surface area contributed by atoms with Gasteiger partial charge in [-0.25, -0.2) is 4.39 Å². The first-order chi connectivity index (χ1) is 6.06. The Morgan fingerprint density at radius 2 is 2.08 bits per heavy atom. The van der Waals surface area contributed by atoms with Crippen molar-refractivity contribution in [2.75, 3.05) is 0 Å². The number of rotatable bonds is 2. The lowest BCUT2D eigenvalue weighted by Gasteiger charge is -2.06. The normalized spacial score (nSPS) is 10.2. The van der Waals surface area contributed by atoms with E-state index in [4.69, 9.17) is 21.6 Å². The van der Waals surface area contributed by atoms with Crippen LogP contribution >= 0.6 is 11.6 Å². The smallest absolute Gasteiger partial charge is 0.423 e. The summed E-state index contributed by atoms with van der Waals surface area (Å²) >= 11 is 5.66. The molecule has 13 heavy (non-hydrogen) atoms. The van der Waals surface area contributed by atoms with Crippen LogP contribution in [0.15, 0.2) is 12.1 Å². The van der Waals surface area contributed by atoms with E-state index in [9.17, 15) is 4.39 Å². The number of halogens is 2. The third-order valence-electron chi connectivity index (χ3n) is 1.80. The fourth-order valence-electron chi connectivity index (χ4n) is 1.11. The Labute approximate surface area is 81.1 Å². The number of aryl methyl sites for hydroxylation is 1. The summed E-state index contributed by atoms with van der Waals surface area (Å²) in [5, 5.41) is 17.9. The van der Waals surface area contributed by atoms with Crippen molar-refractivity contribution in [3.8, 4) is 0 Å². The van der Waals surface area contributed by atoms with Crippen LogP contribution in [-0.4, -0.2) is 17.2 Å². The van der Waals surface area contributed by atoms with E-state index < -0.39 is 12.9 Å². The monoisotopic (exact) mass is 202 g/mol. The van der Waals surface area contributed by atoms with Crippen LogP contribution < -0.4 is 5.46 Å². The second-order valence-electron chi connectivity index (χ2n) is 2.70. The maximum atomic E-state index is 13.3. The molecule has 70 valence electrons. The average molecular weight is 202 g/mol. The molecule has 0 spiro atoms. The van der Waals surface area contributed by atoms with Gasteiger partial charge in [-0.05, 0) is 24.1 Å². The summed E-state index contributed by atoms with van der Waals surface area (Å²) in [4.78, 5) is 0. The molecule has 1 aromatic rings. The van der Waals surface area contributed by atoms with Crippen LogP contribution in [-0.2, 0) is 6.42 Å². The largest absolute Gasteiger partial charge is 0.491 e. The molecule has 0 heterocycles. The molecule has 0 atom stereocenters. The van der Waals surface area contributed by atoms with Crippen LogP contribution in [0, 0.1) is 5.82 Å². The molecular weight excluding hydrogens is 193 g/mol. The van der Waals surface area contributed by atoms with E-state index in [1.165, 1.54) is 12.1 Å². The molecule has 1 rings (SSSR count). The molecule has 0 aliphatic rings. The lowest BCUT2D eigenvalue weighted by atomic mass is 9.79. The minimum atomic E-state index is -1.82. The van der Waals surface area contributed by atoms with Crippen molar-refractivity contribution in [2.24, 2.45) is 0 Å². The molecule has 0 amide bonds. The second-order valence-corrected chi connectivity index (χ2v) is 3.13. The topological polar surface area (TPSA) is 40.5 Å². The fourth-order valence-corrected chi connectivity index (χ4v) is 1.36. The van der Waals surface area contributed by atoms with Gasteiger partial charge in [0.2, 0.25) is 0 Å². The summed E-state index contributed by atoms with van der Waals surface area (Å²) < 4.78 is 13.3. The Morgan fingerprint density at radius 3 is 2.54 bits per heavy atom. The highest BCUT2D eigenvalue weighted by atomic mass is 35.5. The highest BCUT2D eigenvalue weighted by Crippen LogP contribution is 2.13. The van der Waals surface area contributed by atoms with Gasteiger partial charge in [0, 0.05) is 10.5 Å². The van der Waals surface area contributed by atoms with Gasteiger partial charge in [0.1, 0.15) is 5.82 Å². The van der Waals surface area contributed by atoms with Crippen molar-refractivity contribution in [3.05, 3.63) is 28.5 Å². The number of hydrogen-bond donors (Lipinski definition) is 2. The second kappa shape index (κ2) is 4.09. The van der Waals surface area contributed by atoms with E-state index >= 15 is 0 Å². The van der Waals surface area contributed by atoms with Gasteiger partial charge in [-0.3, -0.25) is 0 Å². The van der Waals surface area contributed by atoms with Gasteiger partial charge in [0.05, 0.1) is 0 Å². The summed E-state index contributed by atoms with van der Waals surface area (Å²) in [6, 6.07) is 2.68. The van der Waals surface area contributed by atoms with Crippen LogP contribution in [0.3, 0.4) is 0 Å². The van der Waals surface area contributed by atoms with E-state index in [1.807, 2.05) is 0 Å². The molecule has 5 heteroatoms. The zero-order valence-electron chi connectivity index (χ0n) is 7.09. The first-order valence-electron chi connectivity index (χ1n) is 3.90. The lowest BCUT2D eigenvalue weighted by molar-refractivity contribution is 0.422. The van der Waals surface area contributed by atoms with Gasteiger partial charge in [-0.1, -0.05) is 18.5 Å². The zero-order chi connectivity index (χ0) is 10.0. The number of benzene rings is 1. The molecule has 2 nitrogen and oxygen atoms in total. The van der Waals surface area contributed by atoms with Crippen LogP contribution in [0.25, 0.3) is 0 Å². The summed E-state index contributed by atoms with van der Waals surface area (Å²) in [6.45, 7) is 1.77. The predicted octanol–water partition coefficient (Wildman–Crippen LogP) is 0.721. The van der Waals surface area contributed by atoms with Gasteiger partial charge in [-0.15, -0.1) is 0 Å². The molecule has 0 aromatic heterocycles. The summed E-state index contributed by atoms with van der Waals surface area (Å²) in [6.07, 6.45) is 0.464. The maximum Gasteiger partial charge on any atom is 0.491 e. The van der Waals surface area contributed by atoms with Gasteiger partial charge in [0.15, 0.2) is 0 Å². The minimum Gasteiger partial charge on any atom is -0.423 e. The molecule has 0 saturated carbocycles. The molecular formula is C8H9BClFO2. The minimum absolute atomic E-state index is 0.177. The maximum absolute atomic E-state index is 13.3. The molecule has 1 aromatic carbocycles. The highest BCUT2D eigenvalue weighted by Gasteiger charge is 2.19. The van der Waals surface area contributed by atoms with Crippen LogP contribution in [0.5, 0.6) is 0 Å².